The Balaban J connectivity index is 3.90. The minimum absolute atomic E-state index is 0.00653. The van der Waals surface area contributed by atoms with Crippen LogP contribution in [0, 0.1) is 5.92 Å². The van der Waals surface area contributed by atoms with Gasteiger partial charge in [-0.3, -0.25) is 9.05 Å². The molecule has 0 aliphatic heterocycles. The zero-order valence-electron chi connectivity index (χ0n) is 13.0. The van der Waals surface area contributed by atoms with Crippen LogP contribution in [0.3, 0.4) is 0 Å². The number of phosphoric acid groups is 1. The quantitative estimate of drug-likeness (QED) is 0.376. The zero-order chi connectivity index (χ0) is 15.4. The van der Waals surface area contributed by atoms with Crippen LogP contribution in [0.4, 0.5) is 0 Å². The molecule has 20 heavy (non-hydrogen) atoms. The number of halogens is 1. The summed E-state index contributed by atoms with van der Waals surface area (Å²) in [6.45, 7) is 6.69. The largest absolute Gasteiger partial charge is 0.472 e. The summed E-state index contributed by atoms with van der Waals surface area (Å²) in [5.41, 5.74) is 0. The molecule has 0 aromatic heterocycles. The van der Waals surface area contributed by atoms with Gasteiger partial charge in [-0.2, -0.15) is 0 Å². The molecule has 0 aromatic carbocycles. The van der Waals surface area contributed by atoms with Gasteiger partial charge in [-0.1, -0.05) is 46.5 Å². The van der Waals surface area contributed by atoms with Crippen LogP contribution in [-0.4, -0.2) is 23.5 Å². The van der Waals surface area contributed by atoms with Crippen molar-refractivity contribution in [2.45, 2.75) is 71.1 Å². The number of rotatable bonds is 13. The summed E-state index contributed by atoms with van der Waals surface area (Å²) in [6, 6.07) is 0. The molecule has 0 saturated carbocycles. The molecule has 0 aromatic rings. The fourth-order valence-corrected chi connectivity index (χ4v) is 3.01. The van der Waals surface area contributed by atoms with Crippen molar-refractivity contribution in [3.8, 4) is 0 Å². The molecule has 4 nitrogen and oxygen atoms in total. The van der Waals surface area contributed by atoms with E-state index in [9.17, 15) is 9.46 Å². The van der Waals surface area contributed by atoms with E-state index in [1.54, 1.807) is 0 Å². The summed E-state index contributed by atoms with van der Waals surface area (Å²) in [4.78, 5) is 9.60. The molecule has 0 fully saturated rings. The lowest BCUT2D eigenvalue weighted by molar-refractivity contribution is 0.126. The Morgan fingerprint density at radius 2 is 1.80 bits per heavy atom. The number of unbranched alkanes of at least 4 members (excludes halogenated alkanes) is 1. The third-order valence-corrected chi connectivity index (χ3v) is 4.72. The number of phosphoric ester groups is 1. The fraction of sp³-hybridized carbons (Fsp3) is 1.00. The second kappa shape index (κ2) is 12.0. The molecule has 122 valence electrons. The van der Waals surface area contributed by atoms with Crippen molar-refractivity contribution in [3.63, 3.8) is 0 Å². The summed E-state index contributed by atoms with van der Waals surface area (Å²) >= 11 is 6.02. The highest BCUT2D eigenvalue weighted by molar-refractivity contribution is 7.47. The zero-order valence-corrected chi connectivity index (χ0v) is 14.7. The molecule has 0 heterocycles. The molecule has 0 saturated heterocycles. The summed E-state index contributed by atoms with van der Waals surface area (Å²) in [7, 11) is -3.93. The average Bonchev–Trinajstić information content (AvgIpc) is 2.39. The molecule has 3 unspecified atom stereocenters. The summed E-state index contributed by atoms with van der Waals surface area (Å²) in [5.74, 6) is 0.319. The Hall–Kier alpha value is 0.400. The fourth-order valence-electron chi connectivity index (χ4n) is 1.89. The van der Waals surface area contributed by atoms with Crippen molar-refractivity contribution < 1.29 is 18.5 Å². The molecule has 0 aliphatic carbocycles. The Morgan fingerprint density at radius 1 is 1.10 bits per heavy atom. The molecule has 0 radical (unpaired) electrons. The molecule has 1 N–H and O–H groups in total. The average molecular weight is 329 g/mol. The minimum atomic E-state index is -3.93. The van der Waals surface area contributed by atoms with Gasteiger partial charge < -0.3 is 4.89 Å². The van der Waals surface area contributed by atoms with Crippen LogP contribution >= 0.6 is 19.4 Å². The van der Waals surface area contributed by atoms with Crippen LogP contribution < -0.4 is 0 Å². The standard InChI is InChI=1S/C14H30ClO4P/c1-4-7-9-13(6-3)12-19-20(16,17)18-11-10-14(15)8-5-2/h13-14H,4-12H2,1-3H3,(H,16,17). The molecule has 6 heteroatoms. The van der Waals surface area contributed by atoms with E-state index in [-0.39, 0.29) is 18.6 Å². The Morgan fingerprint density at radius 3 is 2.35 bits per heavy atom. The van der Waals surface area contributed by atoms with Crippen LogP contribution in [0.25, 0.3) is 0 Å². The molecule has 0 amide bonds. The van der Waals surface area contributed by atoms with E-state index >= 15 is 0 Å². The van der Waals surface area contributed by atoms with Crippen molar-refractivity contribution in [1.82, 2.24) is 0 Å². The second-order valence-corrected chi connectivity index (χ2v) is 7.26. The summed E-state index contributed by atoms with van der Waals surface area (Å²) in [6.07, 6.45) is 6.65. The maximum atomic E-state index is 11.7. The van der Waals surface area contributed by atoms with Gasteiger partial charge in [0.05, 0.1) is 13.2 Å². The lowest BCUT2D eigenvalue weighted by atomic mass is 10.0. The van der Waals surface area contributed by atoms with Gasteiger partial charge in [0, 0.05) is 5.38 Å². The Kier molecular flexibility index (Phi) is 12.2. The summed E-state index contributed by atoms with van der Waals surface area (Å²) < 4.78 is 21.7. The van der Waals surface area contributed by atoms with Crippen LogP contribution in [0.1, 0.15) is 65.7 Å². The SMILES string of the molecule is CCCCC(CC)COP(=O)(O)OCCC(Cl)CCC. The maximum absolute atomic E-state index is 11.7. The van der Waals surface area contributed by atoms with E-state index in [1.165, 1.54) is 0 Å². The first kappa shape index (κ1) is 20.4. The second-order valence-electron chi connectivity index (χ2n) is 5.19. The predicted molar refractivity (Wildman–Crippen MR) is 84.2 cm³/mol. The highest BCUT2D eigenvalue weighted by atomic mass is 35.5. The van der Waals surface area contributed by atoms with E-state index in [0.717, 1.165) is 38.5 Å². The van der Waals surface area contributed by atoms with E-state index in [1.807, 2.05) is 0 Å². The normalized spacial score (nSPS) is 17.6. The lowest BCUT2D eigenvalue weighted by Crippen LogP contribution is -2.10. The minimum Gasteiger partial charge on any atom is -0.302 e. The van der Waals surface area contributed by atoms with Gasteiger partial charge in [0.25, 0.3) is 0 Å². The topological polar surface area (TPSA) is 55.8 Å². The molecular weight excluding hydrogens is 299 g/mol. The molecule has 0 rings (SSSR count). The lowest BCUT2D eigenvalue weighted by Gasteiger charge is -2.18. The highest BCUT2D eigenvalue weighted by Gasteiger charge is 2.23. The van der Waals surface area contributed by atoms with Crippen molar-refractivity contribution in [2.24, 2.45) is 5.92 Å². The van der Waals surface area contributed by atoms with Gasteiger partial charge in [-0.05, 0) is 25.2 Å². The van der Waals surface area contributed by atoms with Crippen molar-refractivity contribution in [2.75, 3.05) is 13.2 Å². The van der Waals surface area contributed by atoms with Gasteiger partial charge in [0.2, 0.25) is 0 Å². The van der Waals surface area contributed by atoms with E-state index in [0.29, 0.717) is 12.3 Å². The first-order valence-corrected chi connectivity index (χ1v) is 9.64. The van der Waals surface area contributed by atoms with Crippen LogP contribution in [0.2, 0.25) is 0 Å². The van der Waals surface area contributed by atoms with Gasteiger partial charge in [-0.25, -0.2) is 4.57 Å². The maximum Gasteiger partial charge on any atom is 0.472 e. The molecule has 0 spiro atoms. The predicted octanol–water partition coefficient (Wildman–Crippen LogP) is 5.13. The van der Waals surface area contributed by atoms with Crippen LogP contribution in [-0.2, 0) is 13.6 Å². The van der Waals surface area contributed by atoms with Gasteiger partial charge in [0.1, 0.15) is 0 Å². The van der Waals surface area contributed by atoms with Crippen molar-refractivity contribution >= 4 is 19.4 Å². The Labute approximate surface area is 128 Å². The molecule has 0 bridgehead atoms. The first-order valence-electron chi connectivity index (χ1n) is 7.71. The number of hydrogen-bond acceptors (Lipinski definition) is 3. The van der Waals surface area contributed by atoms with Crippen LogP contribution in [0.5, 0.6) is 0 Å². The van der Waals surface area contributed by atoms with Crippen molar-refractivity contribution in [3.05, 3.63) is 0 Å². The first-order chi connectivity index (χ1) is 9.45. The molecule has 3 atom stereocenters. The van der Waals surface area contributed by atoms with Crippen molar-refractivity contribution in [1.29, 1.82) is 0 Å². The molecular formula is C14H30ClO4P. The van der Waals surface area contributed by atoms with Crippen LogP contribution in [0.15, 0.2) is 0 Å². The monoisotopic (exact) mass is 328 g/mol. The van der Waals surface area contributed by atoms with E-state index in [2.05, 4.69) is 20.8 Å². The summed E-state index contributed by atoms with van der Waals surface area (Å²) in [5, 5.41) is -0.00653. The van der Waals surface area contributed by atoms with E-state index in [4.69, 9.17) is 20.6 Å². The van der Waals surface area contributed by atoms with Gasteiger partial charge >= 0.3 is 7.82 Å². The highest BCUT2D eigenvalue weighted by Crippen LogP contribution is 2.44. The third-order valence-electron chi connectivity index (χ3n) is 3.30. The smallest absolute Gasteiger partial charge is 0.302 e. The molecule has 0 aliphatic rings. The third kappa shape index (κ3) is 11.1. The Bertz CT molecular complexity index is 276. The number of hydrogen-bond donors (Lipinski definition) is 1. The number of alkyl halides is 1. The van der Waals surface area contributed by atoms with Gasteiger partial charge in [0.15, 0.2) is 0 Å². The van der Waals surface area contributed by atoms with E-state index < -0.39 is 7.82 Å². The van der Waals surface area contributed by atoms with Gasteiger partial charge in [-0.15, -0.1) is 11.6 Å².